The molecule has 0 aromatic heterocycles. The zero-order valence-electron chi connectivity index (χ0n) is 27.2. The molecule has 2 aromatic carbocycles. The Morgan fingerprint density at radius 2 is 1.22 bits per heavy atom. The van der Waals surface area contributed by atoms with Crippen LogP contribution in [0.1, 0.15) is 11.1 Å². The van der Waals surface area contributed by atoms with E-state index in [1.165, 1.54) is 7.11 Å². The van der Waals surface area contributed by atoms with Crippen LogP contribution in [0.15, 0.2) is 36.4 Å². The van der Waals surface area contributed by atoms with E-state index in [0.29, 0.717) is 24.3 Å². The molecule has 3 heterocycles. The first kappa shape index (κ1) is 37.0. The molecule has 5 rings (SSSR count). The third-order valence-corrected chi connectivity index (χ3v) is 9.13. The molecule has 3 fully saturated rings. The van der Waals surface area contributed by atoms with E-state index < -0.39 is 80.5 Å². The number of ether oxygens (including phenoxy) is 8. The highest BCUT2D eigenvalue weighted by molar-refractivity contribution is 5.75. The van der Waals surface area contributed by atoms with Crippen molar-refractivity contribution in [2.45, 2.75) is 74.3 Å². The third kappa shape index (κ3) is 8.04. The summed E-state index contributed by atoms with van der Waals surface area (Å²) in [4.78, 5) is 12.8. The van der Waals surface area contributed by atoms with Gasteiger partial charge in [0, 0.05) is 5.92 Å². The van der Waals surface area contributed by atoms with E-state index in [4.69, 9.17) is 37.9 Å². The average Bonchev–Trinajstić information content (AvgIpc) is 3.45. The average molecular weight is 697 g/mol. The van der Waals surface area contributed by atoms with Crippen molar-refractivity contribution < 1.29 is 78.4 Å². The summed E-state index contributed by atoms with van der Waals surface area (Å²) >= 11 is 0. The van der Waals surface area contributed by atoms with E-state index in [1.54, 1.807) is 32.4 Å². The molecule has 12 atom stereocenters. The van der Waals surface area contributed by atoms with Gasteiger partial charge in [-0.1, -0.05) is 12.1 Å². The van der Waals surface area contributed by atoms with Crippen LogP contribution in [0, 0.1) is 11.8 Å². The van der Waals surface area contributed by atoms with Gasteiger partial charge in [-0.15, -0.1) is 0 Å². The molecule has 16 heteroatoms. The first-order valence-corrected chi connectivity index (χ1v) is 15.8. The molecule has 16 nitrogen and oxygen atoms in total. The largest absolute Gasteiger partial charge is 0.493 e. The zero-order valence-corrected chi connectivity index (χ0v) is 27.2. The minimum Gasteiger partial charge on any atom is -0.493 e. The van der Waals surface area contributed by atoms with E-state index in [-0.39, 0.29) is 30.0 Å². The molecule has 7 N–H and O–H groups in total. The minimum atomic E-state index is -1.73. The Hall–Kier alpha value is -3.29. The molecular formula is C33H44O16. The van der Waals surface area contributed by atoms with Gasteiger partial charge in [0.2, 0.25) is 6.29 Å². The lowest BCUT2D eigenvalue weighted by Crippen LogP contribution is -2.62. The second kappa shape index (κ2) is 16.2. The fourth-order valence-electron chi connectivity index (χ4n) is 6.23. The summed E-state index contributed by atoms with van der Waals surface area (Å²) in [7, 11) is 4.52. The number of benzene rings is 2. The van der Waals surface area contributed by atoms with Crippen molar-refractivity contribution in [3.63, 3.8) is 0 Å². The number of aliphatic hydroxyl groups is 7. The predicted molar refractivity (Wildman–Crippen MR) is 165 cm³/mol. The van der Waals surface area contributed by atoms with Gasteiger partial charge in [0.1, 0.15) is 48.8 Å². The summed E-state index contributed by atoms with van der Waals surface area (Å²) < 4.78 is 44.1. The van der Waals surface area contributed by atoms with Crippen LogP contribution in [0.2, 0.25) is 0 Å². The Bertz CT molecular complexity index is 1400. The summed E-state index contributed by atoms with van der Waals surface area (Å²) in [5.41, 5.74) is 1.71. The Morgan fingerprint density at radius 3 is 1.86 bits per heavy atom. The fourth-order valence-corrected chi connectivity index (χ4v) is 6.23. The Labute approximate surface area is 282 Å². The highest BCUT2D eigenvalue weighted by Gasteiger charge is 2.48. The van der Waals surface area contributed by atoms with Crippen molar-refractivity contribution in [2.24, 2.45) is 11.8 Å². The molecule has 3 aliphatic heterocycles. The summed E-state index contributed by atoms with van der Waals surface area (Å²) in [6.45, 7) is -0.909. The van der Waals surface area contributed by atoms with E-state index in [9.17, 15) is 40.5 Å². The fraction of sp³-hybridized carbons (Fsp3) is 0.606. The monoisotopic (exact) mass is 696 g/mol. The van der Waals surface area contributed by atoms with Crippen molar-refractivity contribution in [3.05, 3.63) is 47.5 Å². The Morgan fingerprint density at radius 1 is 0.673 bits per heavy atom. The van der Waals surface area contributed by atoms with Crippen LogP contribution in [-0.4, -0.2) is 144 Å². The van der Waals surface area contributed by atoms with Crippen LogP contribution < -0.4 is 18.9 Å². The summed E-state index contributed by atoms with van der Waals surface area (Å²) in [5.74, 6) is 0.707. The van der Waals surface area contributed by atoms with Crippen molar-refractivity contribution >= 4 is 5.97 Å². The van der Waals surface area contributed by atoms with Crippen molar-refractivity contribution in [2.75, 3.05) is 41.2 Å². The Balaban J connectivity index is 1.24. The van der Waals surface area contributed by atoms with Crippen LogP contribution in [0.3, 0.4) is 0 Å². The number of carbonyl (C=O) groups excluding carboxylic acids is 1. The highest BCUT2D eigenvalue weighted by atomic mass is 16.7. The van der Waals surface area contributed by atoms with Crippen LogP contribution >= 0.6 is 0 Å². The van der Waals surface area contributed by atoms with Crippen molar-refractivity contribution in [3.8, 4) is 23.0 Å². The maximum atomic E-state index is 12.8. The van der Waals surface area contributed by atoms with Gasteiger partial charge in [-0.2, -0.15) is 0 Å². The first-order valence-electron chi connectivity index (χ1n) is 15.8. The van der Waals surface area contributed by atoms with Crippen molar-refractivity contribution in [1.29, 1.82) is 0 Å². The van der Waals surface area contributed by atoms with Gasteiger partial charge in [-0.3, -0.25) is 4.79 Å². The van der Waals surface area contributed by atoms with E-state index in [0.717, 1.165) is 11.1 Å². The number of methoxy groups -OCH3 is 3. The van der Waals surface area contributed by atoms with Gasteiger partial charge in [0.15, 0.2) is 29.3 Å². The van der Waals surface area contributed by atoms with Gasteiger partial charge in [0.05, 0.1) is 47.1 Å². The number of cyclic esters (lactones) is 1. The molecule has 0 radical (unpaired) electrons. The maximum absolute atomic E-state index is 12.8. The molecular weight excluding hydrogens is 652 g/mol. The Kier molecular flexibility index (Phi) is 12.2. The molecule has 0 spiro atoms. The lowest BCUT2D eigenvalue weighted by atomic mass is 9.85. The molecule has 49 heavy (non-hydrogen) atoms. The number of carbonyl (C=O) groups is 1. The van der Waals surface area contributed by atoms with Crippen molar-refractivity contribution in [1.82, 2.24) is 0 Å². The summed E-state index contributed by atoms with van der Waals surface area (Å²) in [5, 5.41) is 71.4. The molecule has 0 amide bonds. The second-order valence-corrected chi connectivity index (χ2v) is 12.2. The quantitative estimate of drug-likeness (QED) is 0.116. The standard InChI is InChI=1S/C33H44O16/c1-42-19-6-4-15(10-21(19)43-2)8-17-13-45-31(41)18(17)9-16-5-7-20(22(11-16)44-3)47-33-30(40)28(38)26(36)24(49-33)14-46-32-29(39)27(37)25(35)23(12-34)48-32/h4-7,10-11,17-18,23-30,32-40H,8-9,12-14H2,1-3H3. The first-order chi connectivity index (χ1) is 23.5. The topological polar surface area (TPSA) is 233 Å². The van der Waals surface area contributed by atoms with E-state index in [1.807, 2.05) is 18.2 Å². The van der Waals surface area contributed by atoms with Gasteiger partial charge in [0.25, 0.3) is 0 Å². The third-order valence-electron chi connectivity index (χ3n) is 9.13. The maximum Gasteiger partial charge on any atom is 0.309 e. The lowest BCUT2D eigenvalue weighted by Gasteiger charge is -2.42. The highest BCUT2D eigenvalue weighted by Crippen LogP contribution is 2.36. The number of hydrogen-bond donors (Lipinski definition) is 7. The van der Waals surface area contributed by atoms with Crippen LogP contribution in [-0.2, 0) is 36.6 Å². The summed E-state index contributed by atoms with van der Waals surface area (Å²) in [6, 6.07) is 10.6. The molecule has 12 unspecified atom stereocenters. The van der Waals surface area contributed by atoms with E-state index in [2.05, 4.69) is 0 Å². The van der Waals surface area contributed by atoms with Crippen LogP contribution in [0.5, 0.6) is 23.0 Å². The number of aliphatic hydroxyl groups excluding tert-OH is 7. The smallest absolute Gasteiger partial charge is 0.309 e. The minimum absolute atomic E-state index is 0.103. The number of esters is 1. The normalized spacial score (nSPS) is 34.7. The lowest BCUT2D eigenvalue weighted by molar-refractivity contribution is -0.323. The molecule has 3 saturated heterocycles. The molecule has 2 aromatic rings. The van der Waals surface area contributed by atoms with Gasteiger partial charge < -0.3 is 73.6 Å². The molecule has 0 bridgehead atoms. The SMILES string of the molecule is COc1ccc(CC2COC(=O)C2Cc2ccc(OC3OC(COC4OC(CO)C(O)C(O)C4O)C(O)C(O)C3O)c(OC)c2)cc1OC. The van der Waals surface area contributed by atoms with Gasteiger partial charge in [-0.25, -0.2) is 0 Å². The second-order valence-electron chi connectivity index (χ2n) is 12.2. The predicted octanol–water partition coefficient (Wildman–Crippen LogP) is -1.71. The summed E-state index contributed by atoms with van der Waals surface area (Å²) in [6.07, 6.45) is -14.7. The molecule has 0 aliphatic carbocycles. The number of rotatable bonds is 13. The molecule has 0 saturated carbocycles. The number of hydrogen-bond acceptors (Lipinski definition) is 16. The molecule has 3 aliphatic rings. The van der Waals surface area contributed by atoms with Gasteiger partial charge >= 0.3 is 5.97 Å². The molecule has 272 valence electrons. The van der Waals surface area contributed by atoms with Crippen LogP contribution in [0.25, 0.3) is 0 Å². The van der Waals surface area contributed by atoms with Gasteiger partial charge in [-0.05, 0) is 48.2 Å². The zero-order chi connectivity index (χ0) is 35.4. The van der Waals surface area contributed by atoms with E-state index >= 15 is 0 Å². The van der Waals surface area contributed by atoms with Crippen LogP contribution in [0.4, 0.5) is 0 Å².